The van der Waals surface area contributed by atoms with Crippen LogP contribution < -0.4 is 0 Å². The standard InChI is InChI=1S/C19H25NO4S/c1-16-6-8-18(9-7-16)25(22,23)24-15-10-17(2)19(3,11-4-13-20)12-5-14-21/h4,6-9,11,14,17H,5,10,12,15H2,1-3H3/b11-4+/t17-,19+/m0/s1. The molecule has 0 N–H and O–H groups in total. The Bertz CT molecular complexity index is 732. The summed E-state index contributed by atoms with van der Waals surface area (Å²) in [7, 11) is -3.78. The quantitative estimate of drug-likeness (QED) is 0.359. The second-order valence-corrected chi connectivity index (χ2v) is 8.07. The molecule has 6 heteroatoms. The highest BCUT2D eigenvalue weighted by Crippen LogP contribution is 2.36. The molecule has 136 valence electrons. The molecule has 1 rings (SSSR count). The summed E-state index contributed by atoms with van der Waals surface area (Å²) in [5.74, 6) is 0.0465. The molecule has 0 aromatic heterocycles. The summed E-state index contributed by atoms with van der Waals surface area (Å²) in [6, 6.07) is 8.47. The maximum absolute atomic E-state index is 12.2. The summed E-state index contributed by atoms with van der Waals surface area (Å²) < 4.78 is 29.5. The molecule has 0 saturated carbocycles. The van der Waals surface area contributed by atoms with E-state index >= 15 is 0 Å². The van der Waals surface area contributed by atoms with Gasteiger partial charge in [-0.05, 0) is 43.2 Å². The maximum Gasteiger partial charge on any atom is 0.296 e. The van der Waals surface area contributed by atoms with E-state index in [1.807, 2.05) is 26.8 Å². The van der Waals surface area contributed by atoms with Gasteiger partial charge in [-0.3, -0.25) is 4.18 Å². The van der Waals surface area contributed by atoms with Gasteiger partial charge in [-0.1, -0.05) is 37.6 Å². The fourth-order valence-electron chi connectivity index (χ4n) is 2.53. The van der Waals surface area contributed by atoms with E-state index in [0.717, 1.165) is 11.8 Å². The lowest BCUT2D eigenvalue weighted by molar-refractivity contribution is -0.108. The molecule has 0 aliphatic rings. The summed E-state index contributed by atoms with van der Waals surface area (Å²) in [6.07, 6.45) is 5.53. The topological polar surface area (TPSA) is 84.2 Å². The number of aldehydes is 1. The number of nitrogens with zero attached hydrogens (tertiary/aromatic N) is 1. The van der Waals surface area contributed by atoms with E-state index in [0.29, 0.717) is 19.3 Å². The van der Waals surface area contributed by atoms with E-state index in [-0.39, 0.29) is 22.8 Å². The number of nitriles is 1. The van der Waals surface area contributed by atoms with Crippen LogP contribution in [0.1, 0.15) is 38.7 Å². The van der Waals surface area contributed by atoms with Crippen molar-refractivity contribution in [1.82, 2.24) is 0 Å². The molecule has 5 nitrogen and oxygen atoms in total. The fourth-order valence-corrected chi connectivity index (χ4v) is 3.45. The summed E-state index contributed by atoms with van der Waals surface area (Å²) in [4.78, 5) is 10.8. The molecular formula is C19H25NO4S. The van der Waals surface area contributed by atoms with Crippen LogP contribution in [-0.2, 0) is 19.1 Å². The Balaban J connectivity index is 2.71. The number of hydrogen-bond donors (Lipinski definition) is 0. The first-order valence-electron chi connectivity index (χ1n) is 8.22. The Morgan fingerprint density at radius 1 is 1.32 bits per heavy atom. The Morgan fingerprint density at radius 2 is 1.96 bits per heavy atom. The second kappa shape index (κ2) is 9.50. The van der Waals surface area contributed by atoms with Crippen LogP contribution in [0.3, 0.4) is 0 Å². The van der Waals surface area contributed by atoms with Crippen LogP contribution in [0.25, 0.3) is 0 Å². The van der Waals surface area contributed by atoms with Crippen molar-refractivity contribution >= 4 is 16.4 Å². The summed E-state index contributed by atoms with van der Waals surface area (Å²) in [6.45, 7) is 5.86. The van der Waals surface area contributed by atoms with E-state index in [2.05, 4.69) is 0 Å². The fraction of sp³-hybridized carbons (Fsp3) is 0.474. The van der Waals surface area contributed by atoms with Crippen molar-refractivity contribution in [1.29, 1.82) is 5.26 Å². The molecule has 0 aliphatic carbocycles. The van der Waals surface area contributed by atoms with Crippen molar-refractivity contribution in [2.45, 2.75) is 44.9 Å². The monoisotopic (exact) mass is 363 g/mol. The van der Waals surface area contributed by atoms with Crippen molar-refractivity contribution in [2.75, 3.05) is 6.61 Å². The molecule has 0 heterocycles. The minimum absolute atomic E-state index is 0.0465. The average molecular weight is 363 g/mol. The normalized spacial score (nSPS) is 15.4. The van der Waals surface area contributed by atoms with Crippen molar-refractivity contribution < 1.29 is 17.4 Å². The van der Waals surface area contributed by atoms with E-state index in [1.165, 1.54) is 18.2 Å². The minimum Gasteiger partial charge on any atom is -0.303 e. The molecule has 25 heavy (non-hydrogen) atoms. The van der Waals surface area contributed by atoms with Crippen LogP contribution in [0.15, 0.2) is 41.3 Å². The third-order valence-corrected chi connectivity index (χ3v) is 5.89. The Kier molecular flexibility index (Phi) is 8.01. The lowest BCUT2D eigenvalue weighted by Gasteiger charge is -2.32. The van der Waals surface area contributed by atoms with Crippen LogP contribution in [0.4, 0.5) is 0 Å². The highest BCUT2D eigenvalue weighted by molar-refractivity contribution is 7.86. The van der Waals surface area contributed by atoms with Gasteiger partial charge in [0, 0.05) is 12.5 Å². The zero-order chi connectivity index (χ0) is 18.9. The zero-order valence-electron chi connectivity index (χ0n) is 14.9. The van der Waals surface area contributed by atoms with Gasteiger partial charge in [0.2, 0.25) is 0 Å². The van der Waals surface area contributed by atoms with Crippen LogP contribution in [0, 0.1) is 29.6 Å². The predicted molar refractivity (Wildman–Crippen MR) is 96.3 cm³/mol. The van der Waals surface area contributed by atoms with Crippen LogP contribution in [-0.4, -0.2) is 21.3 Å². The van der Waals surface area contributed by atoms with Gasteiger partial charge in [-0.25, -0.2) is 0 Å². The Labute approximate surface area is 150 Å². The van der Waals surface area contributed by atoms with Crippen molar-refractivity contribution in [3.05, 3.63) is 42.0 Å². The van der Waals surface area contributed by atoms with Crippen LogP contribution in [0.2, 0.25) is 0 Å². The Morgan fingerprint density at radius 3 is 2.52 bits per heavy atom. The van der Waals surface area contributed by atoms with Crippen molar-refractivity contribution in [3.63, 3.8) is 0 Å². The molecule has 0 aliphatic heterocycles. The first kappa shape index (κ1) is 21.1. The Hall–Kier alpha value is -1.97. The first-order chi connectivity index (χ1) is 11.7. The molecule has 1 aromatic carbocycles. The molecule has 0 radical (unpaired) electrons. The summed E-state index contributed by atoms with van der Waals surface area (Å²) >= 11 is 0. The van der Waals surface area contributed by atoms with Crippen molar-refractivity contribution in [3.8, 4) is 6.07 Å². The number of aryl methyl sites for hydroxylation is 1. The molecule has 2 atom stereocenters. The number of carbonyl (C=O) groups is 1. The van der Waals surface area contributed by atoms with E-state index in [4.69, 9.17) is 9.44 Å². The van der Waals surface area contributed by atoms with Gasteiger partial charge in [0.15, 0.2) is 0 Å². The van der Waals surface area contributed by atoms with E-state index < -0.39 is 10.1 Å². The highest BCUT2D eigenvalue weighted by Gasteiger charge is 2.28. The first-order valence-corrected chi connectivity index (χ1v) is 9.63. The number of allylic oxidation sites excluding steroid dienone is 2. The molecule has 0 amide bonds. The molecule has 0 saturated heterocycles. The third kappa shape index (κ3) is 6.45. The van der Waals surface area contributed by atoms with Gasteiger partial charge in [0.05, 0.1) is 17.6 Å². The van der Waals surface area contributed by atoms with E-state index in [1.54, 1.807) is 18.2 Å². The average Bonchev–Trinajstić information content (AvgIpc) is 2.58. The number of rotatable bonds is 10. The zero-order valence-corrected chi connectivity index (χ0v) is 15.8. The predicted octanol–water partition coefficient (Wildman–Crippen LogP) is 3.79. The summed E-state index contributed by atoms with van der Waals surface area (Å²) in [5, 5.41) is 8.75. The molecule has 0 spiro atoms. The largest absolute Gasteiger partial charge is 0.303 e. The molecular weight excluding hydrogens is 338 g/mol. The van der Waals surface area contributed by atoms with Crippen LogP contribution >= 0.6 is 0 Å². The van der Waals surface area contributed by atoms with Gasteiger partial charge >= 0.3 is 0 Å². The van der Waals surface area contributed by atoms with Gasteiger partial charge in [0.25, 0.3) is 10.1 Å². The number of carbonyl (C=O) groups excluding carboxylic acids is 1. The van der Waals surface area contributed by atoms with Crippen molar-refractivity contribution in [2.24, 2.45) is 11.3 Å². The smallest absolute Gasteiger partial charge is 0.296 e. The lowest BCUT2D eigenvalue weighted by atomic mass is 9.73. The van der Waals surface area contributed by atoms with Crippen LogP contribution in [0.5, 0.6) is 0 Å². The summed E-state index contributed by atoms with van der Waals surface area (Å²) in [5.41, 5.74) is 0.607. The maximum atomic E-state index is 12.2. The van der Waals surface area contributed by atoms with Gasteiger partial charge in [-0.15, -0.1) is 0 Å². The molecule has 1 aromatic rings. The molecule has 0 fully saturated rings. The minimum atomic E-state index is -3.78. The van der Waals surface area contributed by atoms with Gasteiger partial charge in [-0.2, -0.15) is 13.7 Å². The third-order valence-electron chi connectivity index (χ3n) is 4.56. The number of benzene rings is 1. The van der Waals surface area contributed by atoms with Gasteiger partial charge < -0.3 is 4.79 Å². The molecule has 0 bridgehead atoms. The highest BCUT2D eigenvalue weighted by atomic mass is 32.2. The second-order valence-electron chi connectivity index (χ2n) is 6.45. The SMILES string of the molecule is Cc1ccc(S(=O)(=O)OCC[C@H](C)[C@](C)(/C=C/C#N)CCC=O)cc1. The van der Waals surface area contributed by atoms with E-state index in [9.17, 15) is 13.2 Å². The van der Waals surface area contributed by atoms with Gasteiger partial charge in [0.1, 0.15) is 6.29 Å². The molecule has 0 unspecified atom stereocenters. The lowest BCUT2D eigenvalue weighted by Crippen LogP contribution is -2.25. The number of hydrogen-bond acceptors (Lipinski definition) is 5.